The molecule has 1 N–H and O–H groups in total. The topological polar surface area (TPSA) is 30.6 Å². The molecule has 10 heteroatoms. The Kier molecular flexibility index (Phi) is 6.28. The van der Waals surface area contributed by atoms with Crippen molar-refractivity contribution in [1.82, 2.24) is 0 Å². The molecule has 0 aliphatic rings. The van der Waals surface area contributed by atoms with Crippen molar-refractivity contribution >= 4 is 16.3 Å². The Bertz CT molecular complexity index is 959. The Labute approximate surface area is 180 Å². The van der Waals surface area contributed by atoms with Crippen LogP contribution in [0.2, 0.25) is 0 Å². The molecule has 0 atom stereocenters. The van der Waals surface area contributed by atoms with Crippen LogP contribution in [0.3, 0.4) is 0 Å². The summed E-state index contributed by atoms with van der Waals surface area (Å²) in [6.07, 6.45) is -6.63. The molecule has 0 saturated carbocycles. The number of hydrogen-bond donors (Lipinski definition) is 0. The number of benzene rings is 3. The normalized spacial score (nSPS) is 13.5. The van der Waals surface area contributed by atoms with Gasteiger partial charge in [-0.2, -0.15) is 30.7 Å². The fraction of sp³-hybridized carbons (Fsp3) is 0.136. The molecular formula is C22H16F7O2S+. The van der Waals surface area contributed by atoms with Crippen LogP contribution < -0.4 is 0 Å². The van der Waals surface area contributed by atoms with Crippen LogP contribution >= 0.6 is 10.3 Å². The van der Waals surface area contributed by atoms with Gasteiger partial charge in [0.2, 0.25) is 0 Å². The van der Waals surface area contributed by atoms with Gasteiger partial charge in [0.25, 0.3) is 0 Å². The Morgan fingerprint density at radius 1 is 0.594 bits per heavy atom. The smallest absolute Gasteiger partial charge is 0.333 e. The molecule has 0 unspecified atom stereocenters. The third-order valence-electron chi connectivity index (χ3n) is 4.45. The molecule has 3 aromatic carbocycles. The molecule has 0 bridgehead atoms. The maximum Gasteiger partial charge on any atom is 0.576 e. The van der Waals surface area contributed by atoms with E-state index in [9.17, 15) is 35.5 Å². The monoisotopic (exact) mass is 477 g/mol. The number of alkyl halides is 7. The first kappa shape index (κ1) is 23.6. The van der Waals surface area contributed by atoms with E-state index in [-0.39, 0.29) is 14.7 Å². The lowest BCUT2D eigenvalue weighted by atomic mass is 10.1. The van der Waals surface area contributed by atoms with Crippen molar-refractivity contribution in [3.8, 4) is 0 Å². The van der Waals surface area contributed by atoms with Crippen LogP contribution in [0.1, 0.15) is 0 Å². The summed E-state index contributed by atoms with van der Waals surface area (Å²) in [4.78, 5) is 10.6. The van der Waals surface area contributed by atoms with Crippen LogP contribution in [0.25, 0.3) is 0 Å². The second kappa shape index (κ2) is 8.50. The first-order valence-electron chi connectivity index (χ1n) is 9.01. The third-order valence-corrected chi connectivity index (χ3v) is 7.66. The summed E-state index contributed by atoms with van der Waals surface area (Å²) in [5.74, 6) is -15.4. The molecule has 32 heavy (non-hydrogen) atoms. The fourth-order valence-electron chi connectivity index (χ4n) is 2.87. The van der Waals surface area contributed by atoms with Crippen molar-refractivity contribution in [2.75, 3.05) is 0 Å². The van der Waals surface area contributed by atoms with E-state index in [1.807, 2.05) is 0 Å². The number of carbonyl (C=O) groups excluding carboxylic acids is 1. The zero-order chi connectivity index (χ0) is 23.6. The van der Waals surface area contributed by atoms with Crippen molar-refractivity contribution < 1.29 is 39.7 Å². The highest BCUT2D eigenvalue weighted by Crippen LogP contribution is 2.69. The summed E-state index contributed by atoms with van der Waals surface area (Å²) < 4.78 is 99.1. The van der Waals surface area contributed by atoms with Gasteiger partial charge < -0.3 is 4.79 Å². The second-order valence-electron chi connectivity index (χ2n) is 6.53. The molecule has 0 aromatic heterocycles. The van der Waals surface area contributed by atoms with Crippen LogP contribution in [0, 0.1) is 0 Å². The van der Waals surface area contributed by atoms with E-state index in [0.29, 0.717) is 0 Å². The van der Waals surface area contributed by atoms with Gasteiger partial charge in [-0.05, 0) is 36.4 Å². The van der Waals surface area contributed by atoms with E-state index in [1.54, 1.807) is 18.2 Å². The van der Waals surface area contributed by atoms with Gasteiger partial charge >= 0.3 is 24.0 Å². The van der Waals surface area contributed by atoms with E-state index in [4.69, 9.17) is 4.18 Å². The highest BCUT2D eigenvalue weighted by molar-refractivity contribution is 8.30. The zero-order valence-electron chi connectivity index (χ0n) is 16.1. The lowest BCUT2D eigenvalue weighted by molar-refractivity contribution is -0.339. The van der Waals surface area contributed by atoms with E-state index in [1.165, 1.54) is 72.8 Å². The summed E-state index contributed by atoms with van der Waals surface area (Å²) >= 11 is 0. The van der Waals surface area contributed by atoms with Crippen molar-refractivity contribution in [2.45, 2.75) is 32.7 Å². The Hall–Kier alpha value is -3.01. The van der Waals surface area contributed by atoms with Gasteiger partial charge in [0.15, 0.2) is 0 Å². The molecule has 3 rings (SSSR count). The molecule has 0 heterocycles. The number of halogens is 7. The van der Waals surface area contributed by atoms with E-state index >= 15 is 0 Å². The molecule has 0 fully saturated rings. The van der Waals surface area contributed by atoms with Crippen LogP contribution in [0.5, 0.6) is 0 Å². The molecule has 2 nitrogen and oxygen atoms in total. The molecule has 0 saturated heterocycles. The van der Waals surface area contributed by atoms with Crippen LogP contribution in [-0.4, -0.2) is 28.8 Å². The quantitative estimate of drug-likeness (QED) is 0.272. The maximum atomic E-state index is 14.3. The minimum absolute atomic E-state index is 0.190. The predicted octanol–water partition coefficient (Wildman–Crippen LogP) is 7.24. The largest absolute Gasteiger partial charge is 0.576 e. The molecular weight excluding hydrogens is 461 g/mol. The van der Waals surface area contributed by atoms with Crippen molar-refractivity contribution in [3.05, 3.63) is 91.0 Å². The summed E-state index contributed by atoms with van der Waals surface area (Å²) in [7, 11) is -3.39. The molecule has 170 valence electrons. The van der Waals surface area contributed by atoms with Gasteiger partial charge in [-0.25, -0.2) is 4.18 Å². The molecule has 0 spiro atoms. The fourth-order valence-corrected chi connectivity index (χ4v) is 5.94. The standard InChI is InChI=1S/C22H15F7O2S/c23-20(24,21(25,26)22(27,28)29)19(30)31-32(16-10-4-1-5-11-16,17-12-6-2-7-13-17)18-14-8-3-9-15-18/h1-15H/p+1. The SMILES string of the molecule is [OH+]=C(OS(c1ccccc1)(c1ccccc1)c1ccccc1)C(F)(F)C(F)(F)C(F)(F)F. The van der Waals surface area contributed by atoms with Crippen LogP contribution in [0.4, 0.5) is 30.7 Å². The summed E-state index contributed by atoms with van der Waals surface area (Å²) in [5, 5.41) is 0. The predicted molar refractivity (Wildman–Crippen MR) is 106 cm³/mol. The maximum absolute atomic E-state index is 14.3. The Balaban J connectivity index is 2.26. The molecule has 0 radical (unpaired) electrons. The van der Waals surface area contributed by atoms with E-state index in [2.05, 4.69) is 0 Å². The summed E-state index contributed by atoms with van der Waals surface area (Å²) in [6.45, 7) is 0. The van der Waals surface area contributed by atoms with Gasteiger partial charge in [0, 0.05) is 0 Å². The van der Waals surface area contributed by atoms with Crippen LogP contribution in [0.15, 0.2) is 106 Å². The Morgan fingerprint density at radius 3 is 1.19 bits per heavy atom. The molecule has 0 aliphatic heterocycles. The van der Waals surface area contributed by atoms with E-state index in [0.717, 1.165) is 0 Å². The molecule has 0 amide bonds. The minimum atomic E-state index is -6.63. The average Bonchev–Trinajstić information content (AvgIpc) is 2.78. The van der Waals surface area contributed by atoms with Gasteiger partial charge in [-0.3, -0.25) is 0 Å². The molecule has 3 aromatic rings. The third kappa shape index (κ3) is 3.94. The van der Waals surface area contributed by atoms with Crippen LogP contribution in [-0.2, 0) is 4.18 Å². The minimum Gasteiger partial charge on any atom is -0.333 e. The summed E-state index contributed by atoms with van der Waals surface area (Å²) in [5.41, 5.74) is 0. The van der Waals surface area contributed by atoms with Gasteiger partial charge in [0.05, 0.1) is 25.0 Å². The van der Waals surface area contributed by atoms with Gasteiger partial charge in [0.1, 0.15) is 0 Å². The molecule has 0 aliphatic carbocycles. The lowest BCUT2D eigenvalue weighted by Crippen LogP contribution is -2.56. The van der Waals surface area contributed by atoms with Crippen molar-refractivity contribution in [1.29, 1.82) is 0 Å². The van der Waals surface area contributed by atoms with Gasteiger partial charge in [-0.15, -0.1) is 0 Å². The first-order valence-corrected chi connectivity index (χ1v) is 10.6. The zero-order valence-corrected chi connectivity index (χ0v) is 16.9. The van der Waals surface area contributed by atoms with Crippen molar-refractivity contribution in [3.63, 3.8) is 0 Å². The van der Waals surface area contributed by atoms with E-state index < -0.39 is 34.3 Å². The Morgan fingerprint density at radius 2 is 0.906 bits per heavy atom. The highest BCUT2D eigenvalue weighted by atomic mass is 32.3. The number of rotatable bonds is 6. The summed E-state index contributed by atoms with van der Waals surface area (Å²) in [6, 6.07) is 22.6. The highest BCUT2D eigenvalue weighted by Gasteiger charge is 2.81. The second-order valence-corrected chi connectivity index (χ2v) is 9.22. The lowest BCUT2D eigenvalue weighted by Gasteiger charge is -2.34. The van der Waals surface area contributed by atoms with Crippen molar-refractivity contribution in [2.24, 2.45) is 0 Å². The first-order chi connectivity index (χ1) is 14.9. The number of hydrogen-bond acceptors (Lipinski definition) is 1. The average molecular weight is 477 g/mol. The van der Waals surface area contributed by atoms with Gasteiger partial charge in [-0.1, -0.05) is 54.6 Å².